The Morgan fingerprint density at radius 1 is 1.50 bits per heavy atom. The molecular formula is C9H13BrN2O4S2. The van der Waals surface area contributed by atoms with Crippen molar-refractivity contribution >= 4 is 37.3 Å². The third-order valence-corrected chi connectivity index (χ3v) is 6.02. The summed E-state index contributed by atoms with van der Waals surface area (Å²) in [5.41, 5.74) is 0. The van der Waals surface area contributed by atoms with Gasteiger partial charge in [-0.25, -0.2) is 13.4 Å². The van der Waals surface area contributed by atoms with E-state index in [9.17, 15) is 8.42 Å². The van der Waals surface area contributed by atoms with Gasteiger partial charge < -0.3 is 9.84 Å². The van der Waals surface area contributed by atoms with E-state index in [4.69, 9.17) is 9.84 Å². The van der Waals surface area contributed by atoms with Crippen LogP contribution in [0.1, 0.15) is 4.88 Å². The molecule has 18 heavy (non-hydrogen) atoms. The molecule has 2 heterocycles. The van der Waals surface area contributed by atoms with Crippen LogP contribution in [0.2, 0.25) is 0 Å². The number of hydrazine groups is 1. The summed E-state index contributed by atoms with van der Waals surface area (Å²) >= 11 is 4.41. The lowest BCUT2D eigenvalue weighted by atomic mass is 10.5. The molecule has 0 aromatic carbocycles. The molecule has 2 N–H and O–H groups in total. The van der Waals surface area contributed by atoms with E-state index in [2.05, 4.69) is 20.8 Å². The number of nitrogens with one attached hydrogen (secondary N) is 1. The number of hydrogen-bond acceptors (Lipinski definition) is 6. The SMILES string of the molecule is O=S(=O)(NN1CCOCC1)c1cc(CO)sc1Br. The molecular weight excluding hydrogens is 344 g/mol. The summed E-state index contributed by atoms with van der Waals surface area (Å²) in [5, 5.41) is 10.6. The van der Waals surface area contributed by atoms with E-state index in [1.165, 1.54) is 17.4 Å². The highest BCUT2D eigenvalue weighted by atomic mass is 79.9. The van der Waals surface area contributed by atoms with Gasteiger partial charge in [0.05, 0.1) is 23.6 Å². The Morgan fingerprint density at radius 2 is 2.17 bits per heavy atom. The average Bonchev–Trinajstić information content (AvgIpc) is 2.72. The van der Waals surface area contributed by atoms with Crippen LogP contribution in [0.5, 0.6) is 0 Å². The average molecular weight is 357 g/mol. The van der Waals surface area contributed by atoms with E-state index in [-0.39, 0.29) is 11.5 Å². The third kappa shape index (κ3) is 3.29. The Balaban J connectivity index is 2.16. The van der Waals surface area contributed by atoms with Crippen LogP contribution < -0.4 is 4.83 Å². The lowest BCUT2D eigenvalue weighted by molar-refractivity contribution is 0.0272. The molecule has 1 aliphatic heterocycles. The molecule has 0 radical (unpaired) electrons. The molecule has 0 bridgehead atoms. The summed E-state index contributed by atoms with van der Waals surface area (Å²) in [6, 6.07) is 1.47. The number of ether oxygens (including phenoxy) is 1. The summed E-state index contributed by atoms with van der Waals surface area (Å²) in [4.78, 5) is 3.27. The summed E-state index contributed by atoms with van der Waals surface area (Å²) in [7, 11) is -3.61. The number of hydrogen-bond donors (Lipinski definition) is 2. The third-order valence-electron chi connectivity index (χ3n) is 2.41. The maximum absolute atomic E-state index is 12.2. The molecule has 102 valence electrons. The van der Waals surface area contributed by atoms with Gasteiger partial charge in [0.25, 0.3) is 10.0 Å². The number of aliphatic hydroxyl groups is 1. The van der Waals surface area contributed by atoms with E-state index >= 15 is 0 Å². The number of nitrogens with zero attached hydrogens (tertiary/aromatic N) is 1. The van der Waals surface area contributed by atoms with Gasteiger partial charge in [0.1, 0.15) is 4.90 Å². The first-order valence-corrected chi connectivity index (χ1v) is 8.36. The van der Waals surface area contributed by atoms with Gasteiger partial charge in [-0.1, -0.05) is 0 Å². The molecule has 2 rings (SSSR count). The molecule has 1 aromatic heterocycles. The van der Waals surface area contributed by atoms with Crippen molar-refractivity contribution in [3.05, 3.63) is 14.7 Å². The highest BCUT2D eigenvalue weighted by Crippen LogP contribution is 2.31. The molecule has 0 amide bonds. The van der Waals surface area contributed by atoms with Gasteiger partial charge in [-0.15, -0.1) is 16.2 Å². The molecule has 0 unspecified atom stereocenters. The zero-order valence-corrected chi connectivity index (χ0v) is 12.6. The van der Waals surface area contributed by atoms with Crippen molar-refractivity contribution in [2.75, 3.05) is 26.3 Å². The predicted molar refractivity (Wildman–Crippen MR) is 70.7 cm³/mol. The summed E-state index contributed by atoms with van der Waals surface area (Å²) < 4.78 is 29.9. The zero-order valence-electron chi connectivity index (χ0n) is 9.43. The van der Waals surface area contributed by atoms with E-state index in [0.29, 0.717) is 35.0 Å². The highest BCUT2D eigenvalue weighted by molar-refractivity contribution is 9.11. The fourth-order valence-corrected chi connectivity index (χ4v) is 5.20. The van der Waals surface area contributed by atoms with E-state index in [0.717, 1.165) is 0 Å². The van der Waals surface area contributed by atoms with Crippen LogP contribution >= 0.6 is 27.3 Å². The number of rotatable bonds is 4. The number of morpholine rings is 1. The van der Waals surface area contributed by atoms with Gasteiger partial charge in [-0.2, -0.15) is 0 Å². The molecule has 6 nitrogen and oxygen atoms in total. The van der Waals surface area contributed by atoms with Crippen molar-refractivity contribution in [1.82, 2.24) is 9.84 Å². The largest absolute Gasteiger partial charge is 0.391 e. The van der Waals surface area contributed by atoms with Gasteiger partial charge in [-0.05, 0) is 22.0 Å². The monoisotopic (exact) mass is 356 g/mol. The van der Waals surface area contributed by atoms with Crippen LogP contribution in [0.25, 0.3) is 0 Å². The van der Waals surface area contributed by atoms with Crippen LogP contribution in [-0.2, 0) is 21.4 Å². The molecule has 0 aliphatic carbocycles. The molecule has 0 saturated carbocycles. The second-order valence-electron chi connectivity index (χ2n) is 3.70. The quantitative estimate of drug-likeness (QED) is 0.822. The normalized spacial score (nSPS) is 18.1. The van der Waals surface area contributed by atoms with Crippen molar-refractivity contribution < 1.29 is 18.3 Å². The molecule has 9 heteroatoms. The van der Waals surface area contributed by atoms with Crippen LogP contribution in [0.3, 0.4) is 0 Å². The first kappa shape index (κ1) is 14.4. The van der Waals surface area contributed by atoms with Gasteiger partial charge in [0.2, 0.25) is 0 Å². The first-order valence-electron chi connectivity index (χ1n) is 5.27. The minimum Gasteiger partial charge on any atom is -0.391 e. The number of sulfonamides is 1. The molecule has 1 aliphatic rings. The molecule has 1 saturated heterocycles. The Morgan fingerprint density at radius 3 is 2.72 bits per heavy atom. The predicted octanol–water partition coefficient (Wildman–Crippen LogP) is 0.528. The van der Waals surface area contributed by atoms with Crippen LogP contribution in [0.15, 0.2) is 14.7 Å². The lowest BCUT2D eigenvalue weighted by Crippen LogP contribution is -2.48. The number of aliphatic hydroxyl groups excluding tert-OH is 1. The van der Waals surface area contributed by atoms with Gasteiger partial charge in [0, 0.05) is 18.0 Å². The van der Waals surface area contributed by atoms with Crippen molar-refractivity contribution in [3.8, 4) is 0 Å². The van der Waals surface area contributed by atoms with Crippen molar-refractivity contribution in [1.29, 1.82) is 0 Å². The van der Waals surface area contributed by atoms with Crippen molar-refractivity contribution in [2.45, 2.75) is 11.5 Å². The fraction of sp³-hybridized carbons (Fsp3) is 0.556. The van der Waals surface area contributed by atoms with E-state index in [1.807, 2.05) is 0 Å². The summed E-state index contributed by atoms with van der Waals surface area (Å²) in [6.45, 7) is 1.89. The Labute approximate surface area is 118 Å². The van der Waals surface area contributed by atoms with Crippen LogP contribution in [-0.4, -0.2) is 44.8 Å². The Hall–Kier alpha value is -0.0300. The standard InChI is InChI=1S/C9H13BrN2O4S2/c10-9-8(5-7(6-13)17-9)18(14,15)11-12-1-3-16-4-2-12/h5,11,13H,1-4,6H2. The van der Waals surface area contributed by atoms with Crippen molar-refractivity contribution in [3.63, 3.8) is 0 Å². The maximum Gasteiger partial charge on any atom is 0.255 e. The fourth-order valence-electron chi connectivity index (χ4n) is 1.53. The zero-order chi connectivity index (χ0) is 13.2. The topological polar surface area (TPSA) is 78.9 Å². The Kier molecular flexibility index (Phi) is 4.75. The molecule has 0 atom stereocenters. The lowest BCUT2D eigenvalue weighted by Gasteiger charge is -2.26. The molecule has 0 spiro atoms. The summed E-state index contributed by atoms with van der Waals surface area (Å²) in [5.74, 6) is 0. The van der Waals surface area contributed by atoms with E-state index < -0.39 is 10.0 Å². The number of thiophene rings is 1. The molecule has 1 aromatic rings. The van der Waals surface area contributed by atoms with Crippen LogP contribution in [0, 0.1) is 0 Å². The highest BCUT2D eigenvalue weighted by Gasteiger charge is 2.24. The van der Waals surface area contributed by atoms with Gasteiger partial charge >= 0.3 is 0 Å². The van der Waals surface area contributed by atoms with Crippen molar-refractivity contribution in [2.24, 2.45) is 0 Å². The van der Waals surface area contributed by atoms with Gasteiger partial charge in [-0.3, -0.25) is 0 Å². The van der Waals surface area contributed by atoms with Gasteiger partial charge in [0.15, 0.2) is 0 Å². The smallest absolute Gasteiger partial charge is 0.255 e. The first-order chi connectivity index (χ1) is 8.53. The van der Waals surface area contributed by atoms with Crippen LogP contribution in [0.4, 0.5) is 0 Å². The second kappa shape index (κ2) is 5.95. The second-order valence-corrected chi connectivity index (χ2v) is 7.79. The minimum atomic E-state index is -3.61. The maximum atomic E-state index is 12.2. The molecule has 1 fully saturated rings. The number of halogens is 1. The summed E-state index contributed by atoms with van der Waals surface area (Å²) in [6.07, 6.45) is 0. The van der Waals surface area contributed by atoms with E-state index in [1.54, 1.807) is 5.01 Å². The minimum absolute atomic E-state index is 0.156. The Bertz CT molecular complexity index is 511.